The Morgan fingerprint density at radius 3 is 2.33 bits per heavy atom. The minimum absolute atomic E-state index is 0.0903. The van der Waals surface area contributed by atoms with Crippen LogP contribution in [0.3, 0.4) is 0 Å². The van der Waals surface area contributed by atoms with E-state index in [1.807, 2.05) is 6.92 Å². The number of rotatable bonds is 23. The van der Waals surface area contributed by atoms with Crippen molar-refractivity contribution in [3.63, 3.8) is 0 Å². The Balaban J connectivity index is 1.83. The average Bonchev–Trinajstić information content (AvgIpc) is 3.33. The molecule has 1 aromatic carbocycles. The van der Waals surface area contributed by atoms with Crippen LogP contribution in [0.4, 0.5) is 4.79 Å². The van der Waals surface area contributed by atoms with Crippen molar-refractivity contribution in [2.24, 2.45) is 5.11 Å². The molecule has 1 heterocycles. The smallest absolute Gasteiger partial charge is 0.428 e. The maximum Gasteiger partial charge on any atom is 0.534 e. The summed E-state index contributed by atoms with van der Waals surface area (Å²) in [4.78, 5) is 55.7. The summed E-state index contributed by atoms with van der Waals surface area (Å²) in [5.41, 5.74) is 8.29. The van der Waals surface area contributed by atoms with Crippen molar-refractivity contribution in [2.75, 3.05) is 58.5 Å². The number of ether oxygens (including phenoxy) is 4. The molecule has 0 saturated carbocycles. The third-order valence-electron chi connectivity index (χ3n) is 6.35. The van der Waals surface area contributed by atoms with Gasteiger partial charge in [0.15, 0.2) is 9.84 Å². The van der Waals surface area contributed by atoms with Gasteiger partial charge in [-0.15, -0.1) is 0 Å². The van der Waals surface area contributed by atoms with Crippen molar-refractivity contribution in [3.05, 3.63) is 40.3 Å². The monoisotopic (exact) mass is 655 g/mol. The minimum Gasteiger partial charge on any atom is -0.428 e. The maximum absolute atomic E-state index is 13.3. The van der Waals surface area contributed by atoms with Crippen LogP contribution >= 0.6 is 0 Å². The van der Waals surface area contributed by atoms with Gasteiger partial charge in [-0.2, -0.15) is 0 Å². The summed E-state index contributed by atoms with van der Waals surface area (Å²) in [6.07, 6.45) is 0.805. The summed E-state index contributed by atoms with van der Waals surface area (Å²) < 4.78 is 47.8. The van der Waals surface area contributed by atoms with Crippen LogP contribution < -0.4 is 5.32 Å². The lowest BCUT2D eigenvalue weighted by molar-refractivity contribution is -0.178. The molecule has 0 spiro atoms. The average molecular weight is 656 g/mol. The number of nitrogens with one attached hydrogen (secondary N) is 1. The van der Waals surface area contributed by atoms with Gasteiger partial charge in [-0.1, -0.05) is 42.4 Å². The number of nitrogens with zero attached hydrogens (tertiary/aromatic N) is 4. The lowest BCUT2D eigenvalue weighted by Crippen LogP contribution is -2.35. The van der Waals surface area contributed by atoms with Crippen LogP contribution in [0.5, 0.6) is 0 Å². The number of hydroxylamine groups is 2. The predicted molar refractivity (Wildman–Crippen MR) is 158 cm³/mol. The second kappa shape index (κ2) is 21.1. The lowest BCUT2D eigenvalue weighted by Gasteiger charge is -2.19. The molecule has 1 fully saturated rings. The van der Waals surface area contributed by atoms with Crippen molar-refractivity contribution in [1.29, 1.82) is 0 Å². The SMILES string of the molecule is CCCCCCC(CS(=O)(=O)c1cccc(C(=O)NCCOCCOCCOCCN=[N+]=[N-])c1)OC(=O)ON1C(=O)CCC1=O. The number of benzene rings is 1. The highest BCUT2D eigenvalue weighted by Crippen LogP contribution is 2.20. The van der Waals surface area contributed by atoms with Gasteiger partial charge in [-0.25, -0.2) is 13.2 Å². The van der Waals surface area contributed by atoms with Crippen molar-refractivity contribution in [1.82, 2.24) is 10.4 Å². The molecule has 45 heavy (non-hydrogen) atoms. The second-order valence-corrected chi connectivity index (χ2v) is 11.9. The fraction of sp³-hybridized carbons (Fsp3) is 0.643. The van der Waals surface area contributed by atoms with Gasteiger partial charge in [0.05, 0.1) is 50.3 Å². The highest BCUT2D eigenvalue weighted by Gasteiger charge is 2.34. The van der Waals surface area contributed by atoms with Crippen LogP contribution in [-0.2, 0) is 43.2 Å². The highest BCUT2D eigenvalue weighted by molar-refractivity contribution is 7.91. The molecule has 0 radical (unpaired) electrons. The Morgan fingerprint density at radius 1 is 1.00 bits per heavy atom. The Morgan fingerprint density at radius 2 is 1.67 bits per heavy atom. The molecule has 2 rings (SSSR count). The zero-order chi connectivity index (χ0) is 32.9. The van der Waals surface area contributed by atoms with Gasteiger partial charge in [0, 0.05) is 36.4 Å². The third kappa shape index (κ3) is 14.7. The van der Waals surface area contributed by atoms with Crippen molar-refractivity contribution in [3.8, 4) is 0 Å². The summed E-state index contributed by atoms with van der Waals surface area (Å²) in [5.74, 6) is -2.45. The summed E-state index contributed by atoms with van der Waals surface area (Å²) in [7, 11) is -4.03. The number of hydrogen-bond donors (Lipinski definition) is 1. The van der Waals surface area contributed by atoms with Crippen LogP contribution in [0.1, 0.15) is 62.2 Å². The number of carbonyl (C=O) groups excluding carboxylic acids is 4. The van der Waals surface area contributed by atoms with Gasteiger partial charge >= 0.3 is 6.16 Å². The van der Waals surface area contributed by atoms with E-state index in [-0.39, 0.29) is 49.4 Å². The number of amides is 3. The lowest BCUT2D eigenvalue weighted by atomic mass is 10.1. The standard InChI is InChI=1S/C28H41N5O11S/c1-2-3-4-5-8-23(43-28(37)44-33-25(34)10-11-26(33)35)21-45(38,39)24-9-6-7-22(20-24)27(36)30-12-14-40-16-18-42-19-17-41-15-13-31-32-29/h6-7,9,20,23H,2-5,8,10-19,21H2,1H3,(H,30,36). The molecule has 1 unspecified atom stereocenters. The fourth-order valence-corrected chi connectivity index (χ4v) is 5.58. The zero-order valence-electron chi connectivity index (χ0n) is 25.4. The Kier molecular flexibility index (Phi) is 17.5. The summed E-state index contributed by atoms with van der Waals surface area (Å²) >= 11 is 0. The van der Waals surface area contributed by atoms with E-state index in [0.717, 1.165) is 19.3 Å². The molecule has 1 saturated heterocycles. The number of carbonyl (C=O) groups is 4. The van der Waals surface area contributed by atoms with E-state index in [0.29, 0.717) is 44.5 Å². The highest BCUT2D eigenvalue weighted by atomic mass is 32.2. The molecule has 16 nitrogen and oxygen atoms in total. The van der Waals surface area contributed by atoms with Gasteiger partial charge in [0.1, 0.15) is 6.10 Å². The maximum atomic E-state index is 13.3. The first-order chi connectivity index (χ1) is 21.7. The molecule has 1 aromatic rings. The summed E-state index contributed by atoms with van der Waals surface area (Å²) in [5, 5.41) is 6.34. The Hall–Kier alpha value is -3.76. The quantitative estimate of drug-likeness (QED) is 0.0452. The molecule has 1 atom stereocenters. The van der Waals surface area contributed by atoms with E-state index in [1.54, 1.807) is 0 Å². The predicted octanol–water partition coefficient (Wildman–Crippen LogP) is 3.11. The number of imide groups is 1. The number of unbranched alkanes of at least 4 members (excludes halogenated alkanes) is 3. The second-order valence-electron chi connectivity index (χ2n) is 9.87. The van der Waals surface area contributed by atoms with Gasteiger partial charge in [0.2, 0.25) is 0 Å². The van der Waals surface area contributed by atoms with Crippen LogP contribution in [0, 0.1) is 0 Å². The van der Waals surface area contributed by atoms with E-state index in [9.17, 15) is 27.6 Å². The molecule has 1 aliphatic heterocycles. The zero-order valence-corrected chi connectivity index (χ0v) is 26.2. The van der Waals surface area contributed by atoms with E-state index in [2.05, 4.69) is 15.3 Å². The van der Waals surface area contributed by atoms with Crippen LogP contribution in [0.15, 0.2) is 34.3 Å². The third-order valence-corrected chi connectivity index (χ3v) is 8.13. The first-order valence-electron chi connectivity index (χ1n) is 14.8. The van der Waals surface area contributed by atoms with E-state index in [1.165, 1.54) is 24.3 Å². The normalized spacial score (nSPS) is 13.8. The van der Waals surface area contributed by atoms with Gasteiger partial charge in [-0.05, 0) is 36.6 Å². The molecular weight excluding hydrogens is 614 g/mol. The first kappa shape index (κ1) is 37.4. The van der Waals surface area contributed by atoms with Crippen molar-refractivity contribution in [2.45, 2.75) is 62.9 Å². The topological polar surface area (TPSA) is 213 Å². The number of azide groups is 1. The van der Waals surface area contributed by atoms with Gasteiger partial charge in [-0.3, -0.25) is 19.2 Å². The van der Waals surface area contributed by atoms with E-state index < -0.39 is 45.6 Å². The van der Waals surface area contributed by atoms with Gasteiger partial charge < -0.3 is 24.3 Å². The molecule has 250 valence electrons. The molecule has 1 N–H and O–H groups in total. The molecule has 1 aliphatic rings. The molecule has 0 aromatic heterocycles. The molecular formula is C28H41N5O11S. The number of sulfone groups is 1. The van der Waals surface area contributed by atoms with Gasteiger partial charge in [0.25, 0.3) is 17.7 Å². The molecule has 0 bridgehead atoms. The van der Waals surface area contributed by atoms with Crippen molar-refractivity contribution < 1.29 is 51.4 Å². The Labute approximate surface area is 262 Å². The van der Waals surface area contributed by atoms with E-state index >= 15 is 0 Å². The molecule has 3 amide bonds. The molecule has 0 aliphatic carbocycles. The van der Waals surface area contributed by atoms with Crippen LogP contribution in [0.2, 0.25) is 0 Å². The van der Waals surface area contributed by atoms with Crippen LogP contribution in [0.25, 0.3) is 10.4 Å². The number of hydrogen-bond acceptors (Lipinski definition) is 12. The summed E-state index contributed by atoms with van der Waals surface area (Å²) in [6.45, 7) is 4.30. The minimum atomic E-state index is -4.03. The van der Waals surface area contributed by atoms with Crippen LogP contribution in [-0.4, -0.2) is 102 Å². The summed E-state index contributed by atoms with van der Waals surface area (Å²) in [6, 6.07) is 5.49. The first-order valence-corrected chi connectivity index (χ1v) is 16.4. The molecule has 17 heteroatoms. The fourth-order valence-electron chi connectivity index (χ4n) is 4.07. The largest absolute Gasteiger partial charge is 0.534 e. The van der Waals surface area contributed by atoms with E-state index in [4.69, 9.17) is 29.3 Å². The van der Waals surface area contributed by atoms with Crippen molar-refractivity contribution >= 4 is 33.7 Å². The Bertz CT molecular complexity index is 1260.